The smallest absolute Gasteiger partial charge is 0.0445 e. The van der Waals surface area contributed by atoms with Crippen LogP contribution in [0, 0.1) is 12.8 Å². The fraction of sp³-hybridized carbons (Fsp3) is 0.706. The fourth-order valence-corrected chi connectivity index (χ4v) is 2.52. The van der Waals surface area contributed by atoms with Crippen LogP contribution in [-0.4, -0.2) is 24.6 Å². The molecule has 3 heteroatoms. The second-order valence-corrected chi connectivity index (χ2v) is 6.22. The molecule has 1 atom stereocenters. The zero-order chi connectivity index (χ0) is 15.1. The molecule has 1 aromatic heterocycles. The summed E-state index contributed by atoms with van der Waals surface area (Å²) in [5.41, 5.74) is 3.69. The van der Waals surface area contributed by atoms with Crippen LogP contribution in [0.1, 0.15) is 51.8 Å². The van der Waals surface area contributed by atoms with Crippen LogP contribution in [-0.2, 0) is 6.54 Å². The van der Waals surface area contributed by atoms with Crippen LogP contribution in [0.2, 0.25) is 0 Å². The number of rotatable bonds is 8. The topological polar surface area (TPSA) is 28.2 Å². The minimum atomic E-state index is 0.543. The van der Waals surface area contributed by atoms with E-state index in [0.29, 0.717) is 6.04 Å². The van der Waals surface area contributed by atoms with E-state index in [1.165, 1.54) is 17.7 Å². The van der Waals surface area contributed by atoms with Crippen molar-refractivity contribution in [3.8, 4) is 0 Å². The van der Waals surface area contributed by atoms with Crippen LogP contribution < -0.4 is 10.2 Å². The van der Waals surface area contributed by atoms with Gasteiger partial charge in [0.25, 0.3) is 0 Å². The largest absolute Gasteiger partial charge is 0.372 e. The van der Waals surface area contributed by atoms with Crippen LogP contribution in [0.4, 0.5) is 5.69 Å². The lowest BCUT2D eigenvalue weighted by atomic mass is 10.0. The summed E-state index contributed by atoms with van der Waals surface area (Å²) < 4.78 is 0. The van der Waals surface area contributed by atoms with Gasteiger partial charge < -0.3 is 10.2 Å². The number of hydrogen-bond donors (Lipinski definition) is 1. The quantitative estimate of drug-likeness (QED) is 0.733. The highest BCUT2D eigenvalue weighted by Gasteiger charge is 2.15. The highest BCUT2D eigenvalue weighted by atomic mass is 15.1. The average Bonchev–Trinajstić information content (AvgIpc) is 2.39. The molecule has 0 aliphatic carbocycles. The summed E-state index contributed by atoms with van der Waals surface area (Å²) in [4.78, 5) is 6.85. The highest BCUT2D eigenvalue weighted by molar-refractivity contribution is 5.53. The lowest BCUT2D eigenvalue weighted by Crippen LogP contribution is -2.31. The Morgan fingerprint density at radius 3 is 2.60 bits per heavy atom. The standard InChI is InChI=1S/C17H31N3/c1-7-8-18-11-16-12-19-14(4)10-17(16)20(6)15(5)9-13(2)3/h10,12-13,15,18H,7-9,11H2,1-6H3. The first kappa shape index (κ1) is 17.0. The third kappa shape index (κ3) is 5.12. The van der Waals surface area contributed by atoms with E-state index < -0.39 is 0 Å². The normalized spacial score (nSPS) is 12.8. The molecule has 1 N–H and O–H groups in total. The Morgan fingerprint density at radius 2 is 2.00 bits per heavy atom. The molecule has 0 amide bonds. The van der Waals surface area contributed by atoms with Gasteiger partial charge in [0.15, 0.2) is 0 Å². The average molecular weight is 277 g/mol. The molecule has 3 nitrogen and oxygen atoms in total. The van der Waals surface area contributed by atoms with E-state index in [0.717, 1.165) is 31.1 Å². The van der Waals surface area contributed by atoms with Gasteiger partial charge in [-0.1, -0.05) is 20.8 Å². The molecular weight excluding hydrogens is 246 g/mol. The summed E-state index contributed by atoms with van der Waals surface area (Å²) in [5.74, 6) is 0.719. The fourth-order valence-electron chi connectivity index (χ4n) is 2.52. The van der Waals surface area contributed by atoms with Crippen molar-refractivity contribution < 1.29 is 0 Å². The van der Waals surface area contributed by atoms with Crippen LogP contribution in [0.3, 0.4) is 0 Å². The summed E-state index contributed by atoms with van der Waals surface area (Å²) in [5, 5.41) is 3.48. The maximum absolute atomic E-state index is 4.45. The van der Waals surface area contributed by atoms with E-state index in [-0.39, 0.29) is 0 Å². The molecule has 20 heavy (non-hydrogen) atoms. The lowest BCUT2D eigenvalue weighted by Gasteiger charge is -2.30. The number of hydrogen-bond acceptors (Lipinski definition) is 3. The van der Waals surface area contributed by atoms with E-state index in [9.17, 15) is 0 Å². The Balaban J connectivity index is 2.86. The SMILES string of the molecule is CCCNCc1cnc(C)cc1N(C)C(C)CC(C)C. The molecule has 0 spiro atoms. The minimum absolute atomic E-state index is 0.543. The number of aromatic nitrogens is 1. The molecule has 0 bridgehead atoms. The zero-order valence-corrected chi connectivity index (χ0v) is 14.0. The summed E-state index contributed by atoms with van der Waals surface area (Å²) in [6.45, 7) is 13.1. The number of anilines is 1. The summed E-state index contributed by atoms with van der Waals surface area (Å²) in [7, 11) is 2.20. The summed E-state index contributed by atoms with van der Waals surface area (Å²) in [6, 6.07) is 2.75. The van der Waals surface area contributed by atoms with E-state index in [1.54, 1.807) is 0 Å². The molecule has 1 aromatic rings. The maximum atomic E-state index is 4.45. The molecular formula is C17H31N3. The van der Waals surface area contributed by atoms with Gasteiger partial charge in [-0.15, -0.1) is 0 Å². The number of aryl methyl sites for hydroxylation is 1. The first-order chi connectivity index (χ1) is 9.45. The Morgan fingerprint density at radius 1 is 1.30 bits per heavy atom. The van der Waals surface area contributed by atoms with Gasteiger partial charge in [0.05, 0.1) is 0 Å². The van der Waals surface area contributed by atoms with Crippen LogP contribution in [0.15, 0.2) is 12.3 Å². The molecule has 114 valence electrons. The monoisotopic (exact) mass is 277 g/mol. The van der Waals surface area contributed by atoms with Crippen molar-refractivity contribution in [2.45, 2.75) is 60.0 Å². The van der Waals surface area contributed by atoms with Crippen molar-refractivity contribution >= 4 is 5.69 Å². The molecule has 1 unspecified atom stereocenters. The van der Waals surface area contributed by atoms with Gasteiger partial charge in [-0.3, -0.25) is 4.98 Å². The molecule has 0 radical (unpaired) electrons. The number of nitrogens with zero attached hydrogens (tertiary/aromatic N) is 2. The highest BCUT2D eigenvalue weighted by Crippen LogP contribution is 2.24. The Labute approximate surface area is 124 Å². The second kappa shape index (κ2) is 8.25. The maximum Gasteiger partial charge on any atom is 0.0445 e. The van der Waals surface area contributed by atoms with Crippen LogP contribution in [0.5, 0.6) is 0 Å². The van der Waals surface area contributed by atoms with Crippen LogP contribution in [0.25, 0.3) is 0 Å². The van der Waals surface area contributed by atoms with Crippen molar-refractivity contribution in [2.24, 2.45) is 5.92 Å². The zero-order valence-electron chi connectivity index (χ0n) is 14.0. The first-order valence-electron chi connectivity index (χ1n) is 7.84. The molecule has 0 fully saturated rings. The van der Waals surface area contributed by atoms with Crippen LogP contribution >= 0.6 is 0 Å². The van der Waals surface area contributed by atoms with E-state index in [4.69, 9.17) is 0 Å². The number of pyridine rings is 1. The Hall–Kier alpha value is -1.09. The predicted octanol–water partition coefficient (Wildman–Crippen LogP) is 3.76. The van der Waals surface area contributed by atoms with Crippen molar-refractivity contribution in [2.75, 3.05) is 18.5 Å². The molecule has 0 saturated heterocycles. The van der Waals surface area contributed by atoms with Crippen molar-refractivity contribution in [3.63, 3.8) is 0 Å². The van der Waals surface area contributed by atoms with Gasteiger partial charge in [-0.25, -0.2) is 0 Å². The molecule has 0 aromatic carbocycles. The van der Waals surface area contributed by atoms with E-state index in [2.05, 4.69) is 62.9 Å². The minimum Gasteiger partial charge on any atom is -0.372 e. The van der Waals surface area contributed by atoms with Crippen molar-refractivity contribution in [3.05, 3.63) is 23.5 Å². The van der Waals surface area contributed by atoms with E-state index in [1.807, 2.05) is 6.20 Å². The molecule has 0 aliphatic heterocycles. The molecule has 0 aliphatic rings. The summed E-state index contributed by atoms with van der Waals surface area (Å²) >= 11 is 0. The Bertz CT molecular complexity index is 401. The van der Waals surface area contributed by atoms with Gasteiger partial charge >= 0.3 is 0 Å². The third-order valence-corrected chi connectivity index (χ3v) is 3.69. The van der Waals surface area contributed by atoms with Gasteiger partial charge in [0.2, 0.25) is 0 Å². The van der Waals surface area contributed by atoms with E-state index >= 15 is 0 Å². The molecule has 0 saturated carbocycles. The van der Waals surface area contributed by atoms with Gasteiger partial charge in [0, 0.05) is 42.8 Å². The second-order valence-electron chi connectivity index (χ2n) is 6.22. The molecule has 1 rings (SSSR count). The lowest BCUT2D eigenvalue weighted by molar-refractivity contribution is 0.503. The van der Waals surface area contributed by atoms with Gasteiger partial charge in [-0.05, 0) is 45.2 Å². The Kier molecular flexibility index (Phi) is 7.00. The van der Waals surface area contributed by atoms with Gasteiger partial charge in [0.1, 0.15) is 0 Å². The number of nitrogens with one attached hydrogen (secondary N) is 1. The van der Waals surface area contributed by atoms with Gasteiger partial charge in [-0.2, -0.15) is 0 Å². The third-order valence-electron chi connectivity index (χ3n) is 3.69. The predicted molar refractivity (Wildman–Crippen MR) is 88.3 cm³/mol. The van der Waals surface area contributed by atoms with Crippen molar-refractivity contribution in [1.82, 2.24) is 10.3 Å². The first-order valence-corrected chi connectivity index (χ1v) is 7.84. The molecule has 1 heterocycles. The summed E-state index contributed by atoms with van der Waals surface area (Å²) in [6.07, 6.45) is 4.39. The van der Waals surface area contributed by atoms with Crippen molar-refractivity contribution in [1.29, 1.82) is 0 Å².